The highest BCUT2D eigenvalue weighted by Gasteiger charge is 2.07. The van der Waals surface area contributed by atoms with E-state index < -0.39 is 0 Å². The van der Waals surface area contributed by atoms with Gasteiger partial charge in [0.25, 0.3) is 5.91 Å². The highest BCUT2D eigenvalue weighted by atomic mass is 35.5. The standard InChI is InChI=1S/C14H16ClNO2S/c1-19-9-3-7-16-14(18)12-6-5-11(4-2-8-17)13(15)10-12/h5-6,10,17H,3,7-9H2,1H3,(H,16,18). The molecule has 0 aliphatic carbocycles. The van der Waals surface area contributed by atoms with Gasteiger partial charge in [-0.3, -0.25) is 4.79 Å². The van der Waals surface area contributed by atoms with E-state index in [1.807, 2.05) is 6.26 Å². The van der Waals surface area contributed by atoms with E-state index in [1.165, 1.54) is 0 Å². The minimum atomic E-state index is -0.214. The summed E-state index contributed by atoms with van der Waals surface area (Å²) in [7, 11) is 0. The van der Waals surface area contributed by atoms with Crippen LogP contribution in [0.4, 0.5) is 0 Å². The maximum Gasteiger partial charge on any atom is 0.251 e. The number of carbonyl (C=O) groups excluding carboxylic acids is 1. The van der Waals surface area contributed by atoms with Crippen LogP contribution in [0.5, 0.6) is 0 Å². The molecule has 5 heteroatoms. The van der Waals surface area contributed by atoms with Crippen LogP contribution in [-0.2, 0) is 0 Å². The molecule has 0 aliphatic rings. The first-order chi connectivity index (χ1) is 9.19. The van der Waals surface area contributed by atoms with Crippen LogP contribution >= 0.6 is 23.4 Å². The summed E-state index contributed by atoms with van der Waals surface area (Å²) in [6, 6.07) is 4.95. The molecule has 0 aromatic heterocycles. The molecule has 19 heavy (non-hydrogen) atoms. The molecule has 3 nitrogen and oxygen atoms in total. The number of benzene rings is 1. The SMILES string of the molecule is CSCCCNC(=O)c1ccc(C#CCO)c(Cl)c1. The fourth-order valence-electron chi connectivity index (χ4n) is 1.41. The van der Waals surface area contributed by atoms with Gasteiger partial charge in [0.2, 0.25) is 0 Å². The highest BCUT2D eigenvalue weighted by molar-refractivity contribution is 7.98. The lowest BCUT2D eigenvalue weighted by Gasteiger charge is -2.05. The molecule has 1 amide bonds. The first-order valence-corrected chi connectivity index (χ1v) is 7.62. The lowest BCUT2D eigenvalue weighted by molar-refractivity contribution is 0.0954. The lowest BCUT2D eigenvalue weighted by Crippen LogP contribution is -2.24. The molecule has 1 aromatic carbocycles. The Morgan fingerprint density at radius 2 is 2.32 bits per heavy atom. The molecule has 0 spiro atoms. The van der Waals surface area contributed by atoms with Gasteiger partial charge in [0.15, 0.2) is 0 Å². The molecule has 0 heterocycles. The molecule has 0 atom stereocenters. The topological polar surface area (TPSA) is 49.3 Å². The number of halogens is 1. The van der Waals surface area contributed by atoms with Crippen molar-refractivity contribution in [2.75, 3.05) is 25.2 Å². The molecular weight excluding hydrogens is 282 g/mol. The van der Waals surface area contributed by atoms with Crippen molar-refractivity contribution in [2.45, 2.75) is 6.42 Å². The third-order valence-electron chi connectivity index (χ3n) is 2.34. The summed E-state index contributed by atoms with van der Waals surface area (Å²) < 4.78 is 0. The number of amides is 1. The monoisotopic (exact) mass is 297 g/mol. The highest BCUT2D eigenvalue weighted by Crippen LogP contribution is 2.17. The zero-order valence-electron chi connectivity index (χ0n) is 10.7. The Kier molecular flexibility index (Phi) is 7.42. The van der Waals surface area contributed by atoms with Crippen molar-refractivity contribution in [1.29, 1.82) is 0 Å². The first-order valence-electron chi connectivity index (χ1n) is 5.85. The number of thioether (sulfide) groups is 1. The van der Waals surface area contributed by atoms with E-state index >= 15 is 0 Å². The molecule has 2 N–H and O–H groups in total. The minimum absolute atomic E-state index is 0.135. The Hall–Kier alpha value is -1.15. The molecular formula is C14H16ClNO2S. The largest absolute Gasteiger partial charge is 0.384 e. The van der Waals surface area contributed by atoms with E-state index in [1.54, 1.807) is 30.0 Å². The van der Waals surface area contributed by atoms with Gasteiger partial charge in [-0.1, -0.05) is 23.4 Å². The number of rotatable bonds is 5. The number of aliphatic hydroxyl groups is 1. The maximum absolute atomic E-state index is 11.8. The smallest absolute Gasteiger partial charge is 0.251 e. The number of nitrogens with one attached hydrogen (secondary N) is 1. The van der Waals surface area contributed by atoms with E-state index in [4.69, 9.17) is 16.7 Å². The average molecular weight is 298 g/mol. The van der Waals surface area contributed by atoms with Crippen LogP contribution in [0.25, 0.3) is 0 Å². The van der Waals surface area contributed by atoms with Gasteiger partial charge in [-0.2, -0.15) is 11.8 Å². The summed E-state index contributed by atoms with van der Waals surface area (Å²) in [6.07, 6.45) is 2.98. The second-order valence-corrected chi connectivity index (χ2v) is 5.15. The quantitative estimate of drug-likeness (QED) is 0.647. The van der Waals surface area contributed by atoms with Crippen molar-refractivity contribution in [3.63, 3.8) is 0 Å². The summed E-state index contributed by atoms with van der Waals surface area (Å²) in [6.45, 7) is 0.442. The second kappa shape index (κ2) is 8.87. The molecule has 0 saturated carbocycles. The Morgan fingerprint density at radius 3 is 2.95 bits per heavy atom. The predicted molar refractivity (Wildman–Crippen MR) is 80.7 cm³/mol. The van der Waals surface area contributed by atoms with Gasteiger partial charge in [0.1, 0.15) is 6.61 Å². The van der Waals surface area contributed by atoms with E-state index in [9.17, 15) is 4.79 Å². The van der Waals surface area contributed by atoms with Gasteiger partial charge in [-0.15, -0.1) is 0 Å². The lowest BCUT2D eigenvalue weighted by atomic mass is 10.1. The molecule has 0 saturated heterocycles. The fourth-order valence-corrected chi connectivity index (χ4v) is 2.07. The Labute approximate surface area is 122 Å². The molecule has 1 aromatic rings. The van der Waals surface area contributed by atoms with Crippen molar-refractivity contribution < 1.29 is 9.90 Å². The second-order valence-electron chi connectivity index (χ2n) is 3.76. The van der Waals surface area contributed by atoms with E-state index in [2.05, 4.69) is 17.2 Å². The third-order valence-corrected chi connectivity index (χ3v) is 3.35. The summed E-state index contributed by atoms with van der Waals surface area (Å²) in [5.41, 5.74) is 1.12. The Balaban J connectivity index is 2.64. The van der Waals surface area contributed by atoms with Crippen LogP contribution in [0.15, 0.2) is 18.2 Å². The summed E-state index contributed by atoms with van der Waals surface area (Å²) >= 11 is 7.78. The van der Waals surface area contributed by atoms with Crippen molar-refractivity contribution in [3.8, 4) is 11.8 Å². The van der Waals surface area contributed by atoms with Gasteiger partial charge in [-0.25, -0.2) is 0 Å². The number of aliphatic hydroxyl groups excluding tert-OH is 1. The molecule has 0 bridgehead atoms. The Bertz CT molecular complexity index is 494. The van der Waals surface area contributed by atoms with Crippen LogP contribution in [0.2, 0.25) is 5.02 Å². The van der Waals surface area contributed by atoms with Gasteiger partial charge < -0.3 is 10.4 Å². The van der Waals surface area contributed by atoms with Crippen molar-refractivity contribution in [1.82, 2.24) is 5.32 Å². The first kappa shape index (κ1) is 15.9. The maximum atomic E-state index is 11.8. The van der Waals surface area contributed by atoms with Crippen LogP contribution in [0.3, 0.4) is 0 Å². The normalized spacial score (nSPS) is 9.63. The molecule has 0 radical (unpaired) electrons. The van der Waals surface area contributed by atoms with Gasteiger partial charge in [0, 0.05) is 17.7 Å². The molecule has 102 valence electrons. The van der Waals surface area contributed by atoms with Crippen LogP contribution in [0.1, 0.15) is 22.3 Å². The third kappa shape index (κ3) is 5.56. The van der Waals surface area contributed by atoms with E-state index in [0.717, 1.165) is 12.2 Å². The summed E-state index contributed by atoms with van der Waals surface area (Å²) in [5.74, 6) is 6.13. The molecule has 0 unspecified atom stereocenters. The van der Waals surface area contributed by atoms with Crippen molar-refractivity contribution in [2.24, 2.45) is 0 Å². The number of carbonyl (C=O) groups is 1. The summed E-state index contributed by atoms with van der Waals surface area (Å²) in [4.78, 5) is 11.8. The van der Waals surface area contributed by atoms with E-state index in [0.29, 0.717) is 22.7 Å². The average Bonchev–Trinajstić information content (AvgIpc) is 2.42. The number of hydrogen-bond donors (Lipinski definition) is 2. The van der Waals surface area contributed by atoms with Gasteiger partial charge >= 0.3 is 0 Å². The molecule has 0 aliphatic heterocycles. The summed E-state index contributed by atoms with van der Waals surface area (Å²) in [5, 5.41) is 11.9. The number of hydrogen-bond acceptors (Lipinski definition) is 3. The minimum Gasteiger partial charge on any atom is -0.384 e. The van der Waals surface area contributed by atoms with Gasteiger partial charge in [-0.05, 0) is 36.6 Å². The van der Waals surface area contributed by atoms with Crippen LogP contribution in [0, 0.1) is 11.8 Å². The van der Waals surface area contributed by atoms with Gasteiger partial charge in [0.05, 0.1) is 5.02 Å². The Morgan fingerprint density at radius 1 is 1.53 bits per heavy atom. The van der Waals surface area contributed by atoms with Crippen LogP contribution in [-0.4, -0.2) is 36.2 Å². The zero-order valence-corrected chi connectivity index (χ0v) is 12.3. The van der Waals surface area contributed by atoms with Crippen molar-refractivity contribution in [3.05, 3.63) is 34.3 Å². The molecule has 0 fully saturated rings. The van der Waals surface area contributed by atoms with E-state index in [-0.39, 0.29) is 12.5 Å². The molecule has 1 rings (SSSR count). The van der Waals surface area contributed by atoms with Crippen LogP contribution < -0.4 is 5.32 Å². The fraction of sp³-hybridized carbons (Fsp3) is 0.357. The van der Waals surface area contributed by atoms with Crippen molar-refractivity contribution >= 4 is 29.3 Å². The predicted octanol–water partition coefficient (Wildman–Crippen LogP) is 2.17. The zero-order chi connectivity index (χ0) is 14.1.